The van der Waals surface area contributed by atoms with Crippen LogP contribution < -0.4 is 26.4 Å². The van der Waals surface area contributed by atoms with Crippen LogP contribution in [0.3, 0.4) is 0 Å². The van der Waals surface area contributed by atoms with Crippen LogP contribution in [0.1, 0.15) is 34.7 Å². The predicted octanol–water partition coefficient (Wildman–Crippen LogP) is 3.81. The summed E-state index contributed by atoms with van der Waals surface area (Å²) in [5.41, 5.74) is 6.93. The van der Waals surface area contributed by atoms with Crippen molar-refractivity contribution in [1.82, 2.24) is 20.2 Å². The maximum Gasteiger partial charge on any atom is 0.418 e. The Morgan fingerprint density at radius 2 is 2.11 bits per heavy atom. The van der Waals surface area contributed by atoms with Crippen molar-refractivity contribution in [3.63, 3.8) is 0 Å². The fourth-order valence-electron chi connectivity index (χ4n) is 5.22. The molecule has 0 fully saturated rings. The number of benzene rings is 1. The molecule has 1 aromatic carbocycles. The van der Waals surface area contributed by atoms with Gasteiger partial charge in [0.25, 0.3) is 0 Å². The van der Waals surface area contributed by atoms with E-state index in [0.29, 0.717) is 22.1 Å². The maximum atomic E-state index is 14.0. The first-order valence-electron chi connectivity index (χ1n) is 11.3. The number of nitrogens with two attached hydrogens (primary N) is 1. The van der Waals surface area contributed by atoms with Crippen molar-refractivity contribution in [3.05, 3.63) is 80.9 Å². The average Bonchev–Trinajstić information content (AvgIpc) is 3.16. The van der Waals surface area contributed by atoms with Crippen LogP contribution in [-0.4, -0.2) is 21.5 Å². The van der Waals surface area contributed by atoms with Gasteiger partial charge in [-0.2, -0.15) is 13.2 Å². The third-order valence-electron chi connectivity index (χ3n) is 6.70. The number of nitrogens with zero attached hydrogens (tertiary/aromatic N) is 4. The van der Waals surface area contributed by atoms with Crippen LogP contribution in [0.4, 0.5) is 19.0 Å². The molecular weight excluding hydrogens is 493 g/mol. The number of hydrogen-bond acceptors (Lipinski definition) is 7. The fraction of sp³-hybridized carbons (Fsp3) is 0.240. The van der Waals surface area contributed by atoms with E-state index in [2.05, 4.69) is 25.2 Å². The summed E-state index contributed by atoms with van der Waals surface area (Å²) in [7, 11) is 0. The zero-order chi connectivity index (χ0) is 25.2. The van der Waals surface area contributed by atoms with Crippen molar-refractivity contribution in [1.29, 1.82) is 0 Å². The van der Waals surface area contributed by atoms with Crippen LogP contribution >= 0.6 is 11.6 Å². The highest BCUT2D eigenvalue weighted by molar-refractivity contribution is 6.33. The van der Waals surface area contributed by atoms with Gasteiger partial charge in [0, 0.05) is 24.2 Å². The molecule has 0 radical (unpaired) electrons. The number of aryl methyl sites for hydroxylation is 2. The van der Waals surface area contributed by atoms with E-state index in [-0.39, 0.29) is 40.4 Å². The Hall–Kier alpha value is -3.79. The van der Waals surface area contributed by atoms with Crippen molar-refractivity contribution in [3.8, 4) is 17.0 Å². The lowest BCUT2D eigenvalue weighted by molar-refractivity contribution is -0.137. The lowest BCUT2D eigenvalue weighted by Gasteiger charge is -2.31. The molecule has 7 nitrogen and oxygen atoms in total. The highest BCUT2D eigenvalue weighted by atomic mass is 35.5. The molecule has 0 saturated carbocycles. The first-order chi connectivity index (χ1) is 17.2. The molecule has 4 heterocycles. The van der Waals surface area contributed by atoms with Crippen LogP contribution in [0.2, 0.25) is 5.02 Å². The van der Waals surface area contributed by atoms with Crippen LogP contribution in [-0.2, 0) is 12.6 Å². The van der Waals surface area contributed by atoms with Crippen LogP contribution in [0.5, 0.6) is 5.75 Å². The van der Waals surface area contributed by atoms with E-state index in [9.17, 15) is 13.2 Å². The van der Waals surface area contributed by atoms with Gasteiger partial charge in [-0.3, -0.25) is 9.98 Å². The van der Waals surface area contributed by atoms with Crippen LogP contribution in [0, 0.1) is 6.92 Å². The number of fused-ring (bicyclic) bond motifs is 1. The lowest BCUT2D eigenvalue weighted by atomic mass is 9.99. The standard InChI is InChI=1S/C25H20ClF3N6O/c1-12-8-18(30)34-22(20(12)25(27,28)29)14-9-17-19-23(21(14)26)32-11-33-24(19)35(6-7-36-17)16-3-2-13-4-5-31-10-15(13)16/h4-10,16,33H,2-3,11H2,1H3,(H2,30,34). The normalized spacial score (nSPS) is 18.1. The Kier molecular flexibility index (Phi) is 5.11. The summed E-state index contributed by atoms with van der Waals surface area (Å²) in [5, 5.41) is 4.27. The van der Waals surface area contributed by atoms with E-state index in [4.69, 9.17) is 22.1 Å². The van der Waals surface area contributed by atoms with Gasteiger partial charge in [0.05, 0.1) is 32.9 Å². The number of nitrogen functional groups attached to an aromatic ring is 1. The Labute approximate surface area is 208 Å². The Morgan fingerprint density at radius 3 is 2.92 bits per heavy atom. The first-order valence-corrected chi connectivity index (χ1v) is 11.7. The molecule has 2 aromatic heterocycles. The van der Waals surface area contributed by atoms with E-state index in [1.54, 1.807) is 6.20 Å². The van der Waals surface area contributed by atoms with Gasteiger partial charge in [0.15, 0.2) is 0 Å². The maximum absolute atomic E-state index is 14.0. The second kappa shape index (κ2) is 8.12. The molecule has 1 atom stereocenters. The van der Waals surface area contributed by atoms with Crippen molar-refractivity contribution in [2.75, 3.05) is 12.4 Å². The molecule has 3 aliphatic rings. The van der Waals surface area contributed by atoms with Gasteiger partial charge in [-0.05, 0) is 54.7 Å². The van der Waals surface area contributed by atoms with Gasteiger partial charge in [0.2, 0.25) is 0 Å². The molecule has 0 bridgehead atoms. The molecule has 11 heteroatoms. The first kappa shape index (κ1) is 22.7. The number of alkyl halides is 3. The summed E-state index contributed by atoms with van der Waals surface area (Å²) >= 11 is 6.76. The number of anilines is 1. The summed E-state index contributed by atoms with van der Waals surface area (Å²) in [5.74, 6) is 0.988. The molecule has 1 unspecified atom stereocenters. The zero-order valence-electron chi connectivity index (χ0n) is 19.0. The second-order valence-electron chi connectivity index (χ2n) is 8.83. The summed E-state index contributed by atoms with van der Waals surface area (Å²) < 4.78 is 48.1. The number of halogens is 4. The fourth-order valence-corrected chi connectivity index (χ4v) is 5.52. The Morgan fingerprint density at radius 1 is 1.28 bits per heavy atom. The number of aromatic nitrogens is 2. The van der Waals surface area contributed by atoms with Gasteiger partial charge < -0.3 is 20.7 Å². The third-order valence-corrected chi connectivity index (χ3v) is 7.08. The predicted molar refractivity (Wildman–Crippen MR) is 128 cm³/mol. The molecule has 0 saturated heterocycles. The van der Waals surface area contributed by atoms with E-state index in [0.717, 1.165) is 18.4 Å². The van der Waals surface area contributed by atoms with E-state index in [1.807, 2.05) is 18.5 Å². The van der Waals surface area contributed by atoms with Gasteiger partial charge in [0.1, 0.15) is 30.3 Å². The average molecular weight is 513 g/mol. The molecule has 1 aliphatic carbocycles. The van der Waals surface area contributed by atoms with Crippen molar-refractivity contribution < 1.29 is 17.9 Å². The largest absolute Gasteiger partial charge is 0.463 e. The zero-order valence-corrected chi connectivity index (χ0v) is 19.8. The van der Waals surface area contributed by atoms with Crippen molar-refractivity contribution >= 4 is 23.2 Å². The second-order valence-corrected chi connectivity index (χ2v) is 9.20. The monoisotopic (exact) mass is 512 g/mol. The molecule has 0 amide bonds. The molecule has 3 aromatic rings. The number of hydrogen-bond donors (Lipinski definition) is 2. The van der Waals surface area contributed by atoms with Gasteiger partial charge in [-0.25, -0.2) is 4.98 Å². The number of ether oxygens (including phenoxy) is 1. The Bertz CT molecular complexity index is 1570. The summed E-state index contributed by atoms with van der Waals surface area (Å²) in [4.78, 5) is 14.9. The highest BCUT2D eigenvalue weighted by Crippen LogP contribution is 2.42. The summed E-state index contributed by atoms with van der Waals surface area (Å²) in [6.07, 6.45) is 4.08. The molecular formula is C25H20ClF3N6O. The van der Waals surface area contributed by atoms with Crippen molar-refractivity contribution in [2.24, 2.45) is 4.99 Å². The molecule has 3 N–H and O–H groups in total. The van der Waals surface area contributed by atoms with E-state index in [1.165, 1.54) is 30.9 Å². The minimum atomic E-state index is -4.66. The number of pyridine rings is 2. The van der Waals surface area contributed by atoms with E-state index < -0.39 is 11.7 Å². The molecule has 36 heavy (non-hydrogen) atoms. The van der Waals surface area contributed by atoms with Gasteiger partial charge in [-0.15, -0.1) is 0 Å². The summed E-state index contributed by atoms with van der Waals surface area (Å²) in [6.45, 7) is 1.54. The third kappa shape index (κ3) is 3.47. The highest BCUT2D eigenvalue weighted by Gasteiger charge is 2.38. The topological polar surface area (TPSA) is 88.7 Å². The molecule has 6 rings (SSSR count). The Balaban J connectivity index is 1.60. The molecule has 0 spiro atoms. The SMILES string of the molecule is Cc1cc(N)nc(-c2cc3c4c(c2Cl)=NCNC=4N(C2CCc4ccncc42)C=CO3)c1C(F)(F)F. The van der Waals surface area contributed by atoms with Gasteiger partial charge in [-0.1, -0.05) is 11.6 Å². The molecule has 184 valence electrons. The van der Waals surface area contributed by atoms with Gasteiger partial charge >= 0.3 is 6.18 Å². The lowest BCUT2D eigenvalue weighted by Crippen LogP contribution is -2.44. The van der Waals surface area contributed by atoms with Crippen molar-refractivity contribution in [2.45, 2.75) is 32.0 Å². The number of nitrogens with one attached hydrogen (secondary N) is 1. The number of rotatable bonds is 2. The minimum Gasteiger partial charge on any atom is -0.463 e. The van der Waals surface area contributed by atoms with Crippen LogP contribution in [0.25, 0.3) is 17.1 Å². The summed E-state index contributed by atoms with van der Waals surface area (Å²) in [6, 6.07) is 4.68. The quantitative estimate of drug-likeness (QED) is 0.543. The van der Waals surface area contributed by atoms with E-state index >= 15 is 0 Å². The minimum absolute atomic E-state index is 0.00136. The van der Waals surface area contributed by atoms with Crippen LogP contribution in [0.15, 0.2) is 48.0 Å². The smallest absolute Gasteiger partial charge is 0.418 e. The molecule has 2 aliphatic heterocycles.